The van der Waals surface area contributed by atoms with Gasteiger partial charge in [0.05, 0.1) is 12.1 Å². The third kappa shape index (κ3) is 8.24. The SMILES string of the molecule is CCNC(=NCC1(C)CCCO1)NCCC(=O)N(C)Cc1ccccc1Br.I. The Morgan fingerprint density at radius 2 is 2.11 bits per heavy atom. The quantitative estimate of drug-likeness (QED) is 0.287. The summed E-state index contributed by atoms with van der Waals surface area (Å²) in [4.78, 5) is 18.8. The van der Waals surface area contributed by atoms with Gasteiger partial charge in [0.1, 0.15) is 0 Å². The second kappa shape index (κ2) is 12.6. The molecule has 0 radical (unpaired) electrons. The Kier molecular flexibility index (Phi) is 11.4. The monoisotopic (exact) mass is 566 g/mol. The highest BCUT2D eigenvalue weighted by Crippen LogP contribution is 2.25. The van der Waals surface area contributed by atoms with Crippen molar-refractivity contribution in [2.24, 2.45) is 4.99 Å². The number of nitrogens with one attached hydrogen (secondary N) is 2. The fourth-order valence-electron chi connectivity index (χ4n) is 3.00. The van der Waals surface area contributed by atoms with Gasteiger partial charge in [-0.1, -0.05) is 34.1 Å². The lowest BCUT2D eigenvalue weighted by atomic mass is 10.0. The minimum Gasteiger partial charge on any atom is -0.373 e. The van der Waals surface area contributed by atoms with Gasteiger partial charge < -0.3 is 20.3 Å². The topological polar surface area (TPSA) is 66.0 Å². The molecule has 0 bridgehead atoms. The maximum Gasteiger partial charge on any atom is 0.224 e. The van der Waals surface area contributed by atoms with Gasteiger partial charge in [-0.2, -0.15) is 0 Å². The highest BCUT2D eigenvalue weighted by atomic mass is 127. The summed E-state index contributed by atoms with van der Waals surface area (Å²) in [6.45, 7) is 7.48. The molecule has 0 saturated carbocycles. The van der Waals surface area contributed by atoms with Crippen LogP contribution in [-0.2, 0) is 16.1 Å². The van der Waals surface area contributed by atoms with E-state index in [2.05, 4.69) is 38.5 Å². The van der Waals surface area contributed by atoms with Gasteiger partial charge in [-0.05, 0) is 38.3 Å². The van der Waals surface area contributed by atoms with Crippen LogP contribution in [-0.4, -0.2) is 55.7 Å². The molecule has 1 aromatic carbocycles. The molecule has 0 aromatic heterocycles. The van der Waals surface area contributed by atoms with Crippen LogP contribution in [0.5, 0.6) is 0 Å². The molecule has 8 heteroatoms. The molecule has 1 atom stereocenters. The van der Waals surface area contributed by atoms with Gasteiger partial charge in [0.15, 0.2) is 5.96 Å². The van der Waals surface area contributed by atoms with E-state index < -0.39 is 0 Å². The highest BCUT2D eigenvalue weighted by molar-refractivity contribution is 14.0. The van der Waals surface area contributed by atoms with Crippen molar-refractivity contribution in [1.82, 2.24) is 15.5 Å². The molecular weight excluding hydrogens is 535 g/mol. The zero-order valence-electron chi connectivity index (χ0n) is 17.0. The van der Waals surface area contributed by atoms with Gasteiger partial charge in [-0.3, -0.25) is 9.79 Å². The van der Waals surface area contributed by atoms with Crippen LogP contribution in [0, 0.1) is 0 Å². The molecule has 2 N–H and O–H groups in total. The fourth-order valence-corrected chi connectivity index (χ4v) is 3.41. The third-order valence-electron chi connectivity index (χ3n) is 4.64. The van der Waals surface area contributed by atoms with Crippen molar-refractivity contribution in [3.63, 3.8) is 0 Å². The number of amides is 1. The van der Waals surface area contributed by atoms with Gasteiger partial charge in [0.25, 0.3) is 0 Å². The molecule has 0 aliphatic carbocycles. The smallest absolute Gasteiger partial charge is 0.224 e. The number of ether oxygens (including phenoxy) is 1. The molecule has 158 valence electrons. The molecule has 1 unspecified atom stereocenters. The summed E-state index contributed by atoms with van der Waals surface area (Å²) in [6.07, 6.45) is 2.54. The summed E-state index contributed by atoms with van der Waals surface area (Å²) >= 11 is 3.53. The maximum absolute atomic E-state index is 12.4. The van der Waals surface area contributed by atoms with E-state index in [4.69, 9.17) is 4.74 Å². The number of guanidine groups is 1. The van der Waals surface area contributed by atoms with Crippen molar-refractivity contribution >= 4 is 51.8 Å². The average molecular weight is 567 g/mol. The van der Waals surface area contributed by atoms with Crippen molar-refractivity contribution in [2.45, 2.75) is 45.3 Å². The van der Waals surface area contributed by atoms with Gasteiger partial charge in [-0.15, -0.1) is 24.0 Å². The molecule has 1 saturated heterocycles. The second-order valence-corrected chi connectivity index (χ2v) is 7.97. The van der Waals surface area contributed by atoms with Crippen molar-refractivity contribution in [1.29, 1.82) is 0 Å². The van der Waals surface area contributed by atoms with Gasteiger partial charge in [0.2, 0.25) is 5.91 Å². The van der Waals surface area contributed by atoms with Crippen LogP contribution in [0.1, 0.15) is 38.7 Å². The number of benzene rings is 1. The van der Waals surface area contributed by atoms with Crippen LogP contribution >= 0.6 is 39.9 Å². The van der Waals surface area contributed by atoms with E-state index in [1.165, 1.54) is 0 Å². The Hall–Kier alpha value is -0.870. The number of carbonyl (C=O) groups is 1. The lowest BCUT2D eigenvalue weighted by Gasteiger charge is -2.22. The van der Waals surface area contributed by atoms with Crippen LogP contribution < -0.4 is 10.6 Å². The van der Waals surface area contributed by atoms with E-state index in [1.807, 2.05) is 38.2 Å². The number of carbonyl (C=O) groups excluding carboxylic acids is 1. The van der Waals surface area contributed by atoms with E-state index in [0.29, 0.717) is 26.1 Å². The first-order chi connectivity index (χ1) is 12.9. The molecule has 1 aliphatic heterocycles. The molecule has 1 amide bonds. The molecule has 0 spiro atoms. The lowest BCUT2D eigenvalue weighted by molar-refractivity contribution is -0.130. The van der Waals surface area contributed by atoms with E-state index in [0.717, 1.165) is 42.0 Å². The molecule has 28 heavy (non-hydrogen) atoms. The Balaban J connectivity index is 0.00000392. The van der Waals surface area contributed by atoms with Crippen molar-refractivity contribution in [3.05, 3.63) is 34.3 Å². The van der Waals surface area contributed by atoms with E-state index in [1.54, 1.807) is 4.90 Å². The summed E-state index contributed by atoms with van der Waals surface area (Å²) in [7, 11) is 1.83. The second-order valence-electron chi connectivity index (χ2n) is 7.12. The number of aliphatic imine (C=N–C) groups is 1. The van der Waals surface area contributed by atoms with E-state index >= 15 is 0 Å². The summed E-state index contributed by atoms with van der Waals surface area (Å²) in [5, 5.41) is 6.48. The van der Waals surface area contributed by atoms with Gasteiger partial charge in [-0.25, -0.2) is 0 Å². The number of hydrogen-bond donors (Lipinski definition) is 2. The largest absolute Gasteiger partial charge is 0.373 e. The molecule has 2 rings (SSSR count). The first-order valence-corrected chi connectivity index (χ1v) is 10.4. The van der Waals surface area contributed by atoms with Crippen LogP contribution in [0.25, 0.3) is 0 Å². The number of hydrogen-bond acceptors (Lipinski definition) is 3. The average Bonchev–Trinajstić information content (AvgIpc) is 3.08. The first-order valence-electron chi connectivity index (χ1n) is 9.57. The van der Waals surface area contributed by atoms with Crippen molar-refractivity contribution in [2.75, 3.05) is 33.3 Å². The molecule has 1 aromatic rings. The number of halogens is 2. The Bertz CT molecular complexity index is 651. The predicted molar refractivity (Wildman–Crippen MR) is 128 cm³/mol. The standard InChI is InChI=1S/C20H31BrN4O2.HI/c1-4-22-19(24-15-20(2)11-7-13-27-20)23-12-10-18(26)25(3)14-16-8-5-6-9-17(16)21;/h5-6,8-9H,4,7,10-15H2,1-3H3,(H2,22,23,24);1H. The van der Waals surface area contributed by atoms with Crippen molar-refractivity contribution < 1.29 is 9.53 Å². The zero-order chi connectivity index (χ0) is 19.7. The Morgan fingerprint density at radius 1 is 1.36 bits per heavy atom. The molecular formula is C20H32BrIN4O2. The summed E-state index contributed by atoms with van der Waals surface area (Å²) in [6, 6.07) is 7.96. The number of rotatable bonds is 8. The van der Waals surface area contributed by atoms with Crippen LogP contribution in [0.3, 0.4) is 0 Å². The van der Waals surface area contributed by atoms with Crippen LogP contribution in [0.15, 0.2) is 33.7 Å². The number of nitrogens with zero attached hydrogens (tertiary/aromatic N) is 2. The predicted octanol–water partition coefficient (Wildman–Crippen LogP) is 3.54. The minimum absolute atomic E-state index is 0. The normalized spacial score (nSPS) is 19.1. The molecule has 6 nitrogen and oxygen atoms in total. The fraction of sp³-hybridized carbons (Fsp3) is 0.600. The van der Waals surface area contributed by atoms with Crippen LogP contribution in [0.4, 0.5) is 0 Å². The summed E-state index contributed by atoms with van der Waals surface area (Å²) in [5.74, 6) is 0.829. The summed E-state index contributed by atoms with van der Waals surface area (Å²) < 4.78 is 6.80. The maximum atomic E-state index is 12.4. The van der Waals surface area contributed by atoms with Crippen LogP contribution in [0.2, 0.25) is 0 Å². The van der Waals surface area contributed by atoms with E-state index in [-0.39, 0.29) is 35.5 Å². The molecule has 1 heterocycles. The summed E-state index contributed by atoms with van der Waals surface area (Å²) in [5.41, 5.74) is 0.933. The lowest BCUT2D eigenvalue weighted by Crippen LogP contribution is -2.41. The third-order valence-corrected chi connectivity index (χ3v) is 5.41. The first kappa shape index (κ1) is 25.2. The Labute approximate surface area is 194 Å². The highest BCUT2D eigenvalue weighted by Gasteiger charge is 2.29. The van der Waals surface area contributed by atoms with Gasteiger partial charge in [0, 0.05) is 44.2 Å². The zero-order valence-corrected chi connectivity index (χ0v) is 20.9. The Morgan fingerprint density at radius 3 is 2.75 bits per heavy atom. The van der Waals surface area contributed by atoms with Crippen molar-refractivity contribution in [3.8, 4) is 0 Å². The van der Waals surface area contributed by atoms with E-state index in [9.17, 15) is 4.79 Å². The molecule has 1 aliphatic rings. The minimum atomic E-state index is -0.165. The van der Waals surface area contributed by atoms with Gasteiger partial charge >= 0.3 is 0 Å². The molecule has 1 fully saturated rings.